The molecule has 0 aliphatic carbocycles. The number of anilines is 3. The Labute approximate surface area is 126 Å². The highest BCUT2D eigenvalue weighted by Crippen LogP contribution is 2.38. The van der Waals surface area contributed by atoms with Gasteiger partial charge in [0.25, 0.3) is 0 Å². The predicted octanol–water partition coefficient (Wildman–Crippen LogP) is 3.61. The van der Waals surface area contributed by atoms with Crippen molar-refractivity contribution in [2.24, 2.45) is 0 Å². The summed E-state index contributed by atoms with van der Waals surface area (Å²) in [7, 11) is 1.91. The summed E-state index contributed by atoms with van der Waals surface area (Å²) in [5.41, 5.74) is 3.78. The van der Waals surface area contributed by atoms with E-state index in [0.717, 1.165) is 35.9 Å². The molecule has 0 amide bonds. The van der Waals surface area contributed by atoms with Crippen LogP contribution in [0.25, 0.3) is 0 Å². The van der Waals surface area contributed by atoms with Crippen molar-refractivity contribution >= 4 is 17.3 Å². The first-order chi connectivity index (χ1) is 10.1. The Kier molecular flexibility index (Phi) is 3.53. The summed E-state index contributed by atoms with van der Waals surface area (Å²) >= 11 is 0. The van der Waals surface area contributed by atoms with E-state index in [1.165, 1.54) is 11.3 Å². The smallest absolute Gasteiger partial charge is 0.142 e. The minimum atomic E-state index is 0.442. The fraction of sp³-hybridized carbons (Fsp3) is 0.412. The number of nitrogens with zero attached hydrogens (tertiary/aromatic N) is 3. The van der Waals surface area contributed by atoms with Gasteiger partial charge in [-0.1, -0.05) is 18.2 Å². The molecule has 0 fully saturated rings. The Morgan fingerprint density at radius 3 is 2.71 bits per heavy atom. The normalized spacial score (nSPS) is 17.5. The second-order valence-corrected chi connectivity index (χ2v) is 5.70. The van der Waals surface area contributed by atoms with E-state index >= 15 is 0 Å². The van der Waals surface area contributed by atoms with Gasteiger partial charge in [-0.15, -0.1) is 0 Å². The van der Waals surface area contributed by atoms with Crippen LogP contribution >= 0.6 is 0 Å². The minimum absolute atomic E-state index is 0.442. The van der Waals surface area contributed by atoms with Crippen LogP contribution in [0, 0.1) is 13.8 Å². The van der Waals surface area contributed by atoms with Crippen LogP contribution in [0.15, 0.2) is 24.3 Å². The lowest BCUT2D eigenvalue weighted by Crippen LogP contribution is -2.34. The number of fused-ring (bicyclic) bond motifs is 1. The van der Waals surface area contributed by atoms with E-state index in [2.05, 4.69) is 53.3 Å². The van der Waals surface area contributed by atoms with Crippen LogP contribution in [0.3, 0.4) is 0 Å². The molecule has 1 unspecified atom stereocenters. The van der Waals surface area contributed by atoms with Crippen molar-refractivity contribution in [1.29, 1.82) is 0 Å². The zero-order valence-corrected chi connectivity index (χ0v) is 13.1. The first-order valence-electron chi connectivity index (χ1n) is 7.52. The SMILES string of the molecule is CNc1nc(C)nc(N2c3ccccc3CCC2C)c1C. The Bertz CT molecular complexity index is 666. The largest absolute Gasteiger partial charge is 0.373 e. The van der Waals surface area contributed by atoms with Crippen molar-refractivity contribution in [2.75, 3.05) is 17.3 Å². The summed E-state index contributed by atoms with van der Waals surface area (Å²) in [6.45, 7) is 6.31. The fourth-order valence-corrected chi connectivity index (χ4v) is 3.10. The maximum absolute atomic E-state index is 4.73. The molecule has 0 spiro atoms. The van der Waals surface area contributed by atoms with Gasteiger partial charge in [0.2, 0.25) is 0 Å². The number of para-hydroxylation sites is 1. The molecule has 4 nitrogen and oxygen atoms in total. The lowest BCUT2D eigenvalue weighted by atomic mass is 9.96. The summed E-state index contributed by atoms with van der Waals surface area (Å²) < 4.78 is 0. The van der Waals surface area contributed by atoms with Crippen LogP contribution in [-0.2, 0) is 6.42 Å². The molecule has 0 radical (unpaired) electrons. The Morgan fingerprint density at radius 2 is 1.95 bits per heavy atom. The second kappa shape index (κ2) is 5.35. The molecule has 0 saturated carbocycles. The van der Waals surface area contributed by atoms with Gasteiger partial charge < -0.3 is 10.2 Å². The molecule has 110 valence electrons. The van der Waals surface area contributed by atoms with Gasteiger partial charge in [-0.05, 0) is 45.2 Å². The lowest BCUT2D eigenvalue weighted by Gasteiger charge is -2.37. The summed E-state index contributed by atoms with van der Waals surface area (Å²) in [4.78, 5) is 11.6. The van der Waals surface area contributed by atoms with E-state index in [1.54, 1.807) is 0 Å². The topological polar surface area (TPSA) is 41.1 Å². The average molecular weight is 282 g/mol. The molecule has 1 aliphatic heterocycles. The second-order valence-electron chi connectivity index (χ2n) is 5.70. The van der Waals surface area contributed by atoms with E-state index in [0.29, 0.717) is 6.04 Å². The zero-order chi connectivity index (χ0) is 15.0. The van der Waals surface area contributed by atoms with E-state index in [1.807, 2.05) is 14.0 Å². The summed E-state index contributed by atoms with van der Waals surface area (Å²) in [6.07, 6.45) is 2.28. The highest BCUT2D eigenvalue weighted by Gasteiger charge is 2.27. The number of aryl methyl sites for hydroxylation is 2. The molecule has 1 aromatic heterocycles. The molecular formula is C17H22N4. The molecule has 3 rings (SSSR count). The fourth-order valence-electron chi connectivity index (χ4n) is 3.10. The molecule has 2 aromatic rings. The van der Waals surface area contributed by atoms with Gasteiger partial charge >= 0.3 is 0 Å². The first kappa shape index (κ1) is 13.9. The molecule has 0 bridgehead atoms. The van der Waals surface area contributed by atoms with Gasteiger partial charge in [0.05, 0.1) is 0 Å². The van der Waals surface area contributed by atoms with Gasteiger partial charge in [-0.2, -0.15) is 0 Å². The third-order valence-corrected chi connectivity index (χ3v) is 4.22. The van der Waals surface area contributed by atoms with Crippen LogP contribution in [0.1, 0.15) is 30.3 Å². The minimum Gasteiger partial charge on any atom is -0.373 e. The molecule has 2 heterocycles. The number of benzene rings is 1. The predicted molar refractivity (Wildman–Crippen MR) is 87.4 cm³/mol. The van der Waals surface area contributed by atoms with Crippen molar-refractivity contribution < 1.29 is 0 Å². The third kappa shape index (κ3) is 2.35. The van der Waals surface area contributed by atoms with Gasteiger partial charge in [-0.3, -0.25) is 0 Å². The van der Waals surface area contributed by atoms with E-state index in [4.69, 9.17) is 4.98 Å². The van der Waals surface area contributed by atoms with E-state index in [9.17, 15) is 0 Å². The number of nitrogens with one attached hydrogen (secondary N) is 1. The molecule has 1 N–H and O–H groups in total. The van der Waals surface area contributed by atoms with Crippen LogP contribution in [-0.4, -0.2) is 23.1 Å². The maximum atomic E-state index is 4.73. The van der Waals surface area contributed by atoms with Crippen molar-refractivity contribution in [1.82, 2.24) is 9.97 Å². The van der Waals surface area contributed by atoms with Crippen molar-refractivity contribution in [3.05, 3.63) is 41.2 Å². The van der Waals surface area contributed by atoms with Crippen LogP contribution < -0.4 is 10.2 Å². The zero-order valence-electron chi connectivity index (χ0n) is 13.1. The lowest BCUT2D eigenvalue weighted by molar-refractivity contribution is 0.611. The van der Waals surface area contributed by atoms with Gasteiger partial charge in [0.15, 0.2) is 0 Å². The van der Waals surface area contributed by atoms with Crippen LogP contribution in [0.5, 0.6) is 0 Å². The van der Waals surface area contributed by atoms with Gasteiger partial charge in [0.1, 0.15) is 17.5 Å². The molecule has 0 saturated heterocycles. The molecule has 4 heteroatoms. The number of hydrogen-bond acceptors (Lipinski definition) is 4. The molecule has 1 aliphatic rings. The van der Waals surface area contributed by atoms with E-state index in [-0.39, 0.29) is 0 Å². The van der Waals surface area contributed by atoms with Crippen LogP contribution in [0.4, 0.5) is 17.3 Å². The quantitative estimate of drug-likeness (QED) is 0.913. The molecular weight excluding hydrogens is 260 g/mol. The van der Waals surface area contributed by atoms with E-state index < -0.39 is 0 Å². The average Bonchev–Trinajstić information content (AvgIpc) is 2.49. The highest BCUT2D eigenvalue weighted by atomic mass is 15.2. The Hall–Kier alpha value is -2.10. The summed E-state index contributed by atoms with van der Waals surface area (Å²) in [5, 5.41) is 3.18. The summed E-state index contributed by atoms with van der Waals surface area (Å²) in [5.74, 6) is 2.73. The molecule has 1 atom stereocenters. The highest BCUT2D eigenvalue weighted by molar-refractivity contribution is 5.71. The molecule has 21 heavy (non-hydrogen) atoms. The van der Waals surface area contributed by atoms with Crippen molar-refractivity contribution in [2.45, 2.75) is 39.7 Å². The number of hydrogen-bond donors (Lipinski definition) is 1. The summed E-state index contributed by atoms with van der Waals surface area (Å²) in [6, 6.07) is 9.08. The Morgan fingerprint density at radius 1 is 1.19 bits per heavy atom. The van der Waals surface area contributed by atoms with Gasteiger partial charge in [0, 0.05) is 24.3 Å². The van der Waals surface area contributed by atoms with Crippen molar-refractivity contribution in [3.63, 3.8) is 0 Å². The standard InChI is InChI=1S/C17H22N4/c1-11-9-10-14-7-5-6-8-15(14)21(11)17-12(2)16(18-4)19-13(3)20-17/h5-8,11H,9-10H2,1-4H3,(H,18,19,20). The third-order valence-electron chi connectivity index (χ3n) is 4.22. The first-order valence-corrected chi connectivity index (χ1v) is 7.52. The number of aromatic nitrogens is 2. The van der Waals surface area contributed by atoms with Gasteiger partial charge in [-0.25, -0.2) is 9.97 Å². The monoisotopic (exact) mass is 282 g/mol. The molecule has 1 aromatic carbocycles. The van der Waals surface area contributed by atoms with Crippen molar-refractivity contribution in [3.8, 4) is 0 Å². The maximum Gasteiger partial charge on any atom is 0.142 e. The number of rotatable bonds is 2. The van der Waals surface area contributed by atoms with Crippen LogP contribution in [0.2, 0.25) is 0 Å². The Balaban J connectivity index is 2.18.